The Labute approximate surface area is 155 Å². The monoisotopic (exact) mass is 359 g/mol. The van der Waals surface area contributed by atoms with Crippen LogP contribution in [0.1, 0.15) is 38.2 Å². The number of urea groups is 1. The maximum atomic E-state index is 12.6. The molecule has 3 amide bonds. The van der Waals surface area contributed by atoms with Crippen molar-refractivity contribution in [2.75, 3.05) is 32.7 Å². The van der Waals surface area contributed by atoms with Crippen LogP contribution >= 0.6 is 0 Å². The summed E-state index contributed by atoms with van der Waals surface area (Å²) < 4.78 is 0. The summed E-state index contributed by atoms with van der Waals surface area (Å²) in [4.78, 5) is 28.8. The zero-order valence-electron chi connectivity index (χ0n) is 15.5. The summed E-state index contributed by atoms with van der Waals surface area (Å²) in [6.07, 6.45) is 3.76. The smallest absolute Gasteiger partial charge is 0.320 e. The number of nitrogens with zero attached hydrogens (tertiary/aromatic N) is 2. The standard InChI is InChI=1S/C20H29N3O3/c1-20(26,17-9-3-2-4-10-17)15-21-18(24)16-8-7-13-23(14-16)19(25)22-11-5-6-12-22/h2-4,9-10,16,26H,5-8,11-15H2,1H3,(H,21,24)/t16-,20+/m0/s1. The molecule has 2 N–H and O–H groups in total. The molecule has 0 spiro atoms. The first kappa shape index (κ1) is 18.7. The van der Waals surface area contributed by atoms with Crippen molar-refractivity contribution in [2.45, 2.75) is 38.2 Å². The highest BCUT2D eigenvalue weighted by Gasteiger charge is 2.32. The van der Waals surface area contributed by atoms with E-state index in [9.17, 15) is 14.7 Å². The number of likely N-dealkylation sites (tertiary alicyclic amines) is 2. The molecular formula is C20H29N3O3. The van der Waals surface area contributed by atoms with Gasteiger partial charge in [0.05, 0.1) is 12.5 Å². The van der Waals surface area contributed by atoms with Crippen molar-refractivity contribution in [3.05, 3.63) is 35.9 Å². The fraction of sp³-hybridized carbons (Fsp3) is 0.600. The van der Waals surface area contributed by atoms with Crippen LogP contribution in [0.2, 0.25) is 0 Å². The fourth-order valence-corrected chi connectivity index (χ4v) is 3.78. The zero-order valence-corrected chi connectivity index (χ0v) is 15.5. The van der Waals surface area contributed by atoms with E-state index < -0.39 is 5.60 Å². The molecule has 0 radical (unpaired) electrons. The molecule has 0 bridgehead atoms. The average molecular weight is 359 g/mol. The largest absolute Gasteiger partial charge is 0.384 e. The van der Waals surface area contributed by atoms with Gasteiger partial charge in [-0.3, -0.25) is 4.79 Å². The summed E-state index contributed by atoms with van der Waals surface area (Å²) >= 11 is 0. The number of hydrogen-bond acceptors (Lipinski definition) is 3. The minimum atomic E-state index is -1.11. The van der Waals surface area contributed by atoms with Crippen LogP contribution in [0.15, 0.2) is 30.3 Å². The number of aliphatic hydroxyl groups is 1. The second-order valence-electron chi connectivity index (χ2n) is 7.62. The molecule has 2 saturated heterocycles. The van der Waals surface area contributed by atoms with Gasteiger partial charge in [-0.15, -0.1) is 0 Å². The molecule has 0 aliphatic carbocycles. The normalized spacial score (nSPS) is 22.8. The lowest BCUT2D eigenvalue weighted by atomic mass is 9.94. The van der Waals surface area contributed by atoms with Gasteiger partial charge < -0.3 is 20.2 Å². The molecule has 2 aliphatic heterocycles. The van der Waals surface area contributed by atoms with E-state index in [2.05, 4.69) is 5.32 Å². The SMILES string of the molecule is C[C@@](O)(CNC(=O)[C@H]1CCCN(C(=O)N2CCCC2)C1)c1ccccc1. The zero-order chi connectivity index (χ0) is 18.6. The average Bonchev–Trinajstić information content (AvgIpc) is 3.21. The number of benzene rings is 1. The Bertz CT molecular complexity index is 626. The summed E-state index contributed by atoms with van der Waals surface area (Å²) in [6.45, 7) is 4.70. The lowest BCUT2D eigenvalue weighted by molar-refractivity contribution is -0.127. The van der Waals surface area contributed by atoms with Crippen LogP contribution in [0, 0.1) is 5.92 Å². The molecule has 3 rings (SSSR count). The summed E-state index contributed by atoms with van der Waals surface area (Å²) in [7, 11) is 0. The predicted molar refractivity (Wildman–Crippen MR) is 99.5 cm³/mol. The summed E-state index contributed by atoms with van der Waals surface area (Å²) in [6, 6.07) is 9.40. The Morgan fingerprint density at radius 2 is 1.77 bits per heavy atom. The van der Waals surface area contributed by atoms with E-state index in [1.807, 2.05) is 40.1 Å². The summed E-state index contributed by atoms with van der Waals surface area (Å²) in [5, 5.41) is 13.5. The molecule has 6 heteroatoms. The van der Waals surface area contributed by atoms with E-state index in [1.165, 1.54) is 0 Å². The topological polar surface area (TPSA) is 72.9 Å². The first-order valence-electron chi connectivity index (χ1n) is 9.57. The third-order valence-electron chi connectivity index (χ3n) is 5.44. The Kier molecular flexibility index (Phi) is 5.81. The Morgan fingerprint density at radius 3 is 2.46 bits per heavy atom. The van der Waals surface area contributed by atoms with E-state index in [4.69, 9.17) is 0 Å². The van der Waals surface area contributed by atoms with Gasteiger partial charge in [-0.2, -0.15) is 0 Å². The summed E-state index contributed by atoms with van der Waals surface area (Å²) in [5.74, 6) is -0.290. The van der Waals surface area contributed by atoms with Crippen LogP contribution in [0.4, 0.5) is 4.79 Å². The van der Waals surface area contributed by atoms with Gasteiger partial charge in [0.25, 0.3) is 0 Å². The lowest BCUT2D eigenvalue weighted by Gasteiger charge is -2.35. The molecule has 0 saturated carbocycles. The van der Waals surface area contributed by atoms with Crippen molar-refractivity contribution in [2.24, 2.45) is 5.92 Å². The number of carbonyl (C=O) groups is 2. The second-order valence-corrected chi connectivity index (χ2v) is 7.62. The van der Waals surface area contributed by atoms with Gasteiger partial charge in [0, 0.05) is 26.2 Å². The van der Waals surface area contributed by atoms with Gasteiger partial charge in [-0.25, -0.2) is 4.79 Å². The van der Waals surface area contributed by atoms with Gasteiger partial charge in [-0.1, -0.05) is 30.3 Å². The molecule has 2 aliphatic rings. The third kappa shape index (κ3) is 4.36. The number of piperidine rings is 1. The van der Waals surface area contributed by atoms with E-state index >= 15 is 0 Å². The molecule has 1 aromatic carbocycles. The molecule has 0 aromatic heterocycles. The molecule has 2 atom stereocenters. The van der Waals surface area contributed by atoms with Gasteiger partial charge in [-0.05, 0) is 38.2 Å². The number of nitrogens with one attached hydrogen (secondary N) is 1. The van der Waals surface area contributed by atoms with Crippen molar-refractivity contribution in [3.63, 3.8) is 0 Å². The molecule has 2 heterocycles. The Morgan fingerprint density at radius 1 is 1.12 bits per heavy atom. The van der Waals surface area contributed by atoms with Crippen molar-refractivity contribution >= 4 is 11.9 Å². The van der Waals surface area contributed by atoms with Gasteiger partial charge >= 0.3 is 6.03 Å². The van der Waals surface area contributed by atoms with Gasteiger partial charge in [0.15, 0.2) is 0 Å². The van der Waals surface area contributed by atoms with Crippen LogP contribution in [0.5, 0.6) is 0 Å². The molecule has 0 unspecified atom stereocenters. The minimum absolute atomic E-state index is 0.0660. The quantitative estimate of drug-likeness (QED) is 0.863. The number of hydrogen-bond donors (Lipinski definition) is 2. The van der Waals surface area contributed by atoms with Crippen LogP contribution in [0.25, 0.3) is 0 Å². The number of rotatable bonds is 4. The Balaban J connectivity index is 1.53. The highest BCUT2D eigenvalue weighted by atomic mass is 16.3. The maximum Gasteiger partial charge on any atom is 0.320 e. The van der Waals surface area contributed by atoms with Crippen molar-refractivity contribution < 1.29 is 14.7 Å². The van der Waals surface area contributed by atoms with E-state index in [0.29, 0.717) is 6.54 Å². The van der Waals surface area contributed by atoms with Crippen molar-refractivity contribution in [1.29, 1.82) is 0 Å². The van der Waals surface area contributed by atoms with Crippen LogP contribution in [0.3, 0.4) is 0 Å². The van der Waals surface area contributed by atoms with Gasteiger partial charge in [0.2, 0.25) is 5.91 Å². The molecule has 142 valence electrons. The van der Waals surface area contributed by atoms with E-state index in [0.717, 1.165) is 50.9 Å². The Hall–Kier alpha value is -2.08. The molecule has 26 heavy (non-hydrogen) atoms. The van der Waals surface area contributed by atoms with Crippen molar-refractivity contribution in [3.8, 4) is 0 Å². The summed E-state index contributed by atoms with van der Waals surface area (Å²) in [5.41, 5.74) is -0.341. The van der Waals surface area contributed by atoms with E-state index in [-0.39, 0.29) is 24.4 Å². The second kappa shape index (κ2) is 8.08. The molecule has 2 fully saturated rings. The molecule has 6 nitrogen and oxygen atoms in total. The van der Waals surface area contributed by atoms with Crippen LogP contribution in [-0.2, 0) is 10.4 Å². The first-order valence-corrected chi connectivity index (χ1v) is 9.57. The fourth-order valence-electron chi connectivity index (χ4n) is 3.78. The molecule has 1 aromatic rings. The van der Waals surface area contributed by atoms with Crippen molar-refractivity contribution in [1.82, 2.24) is 15.1 Å². The molecular weight excluding hydrogens is 330 g/mol. The number of amides is 3. The number of carbonyl (C=O) groups excluding carboxylic acids is 2. The first-order chi connectivity index (χ1) is 12.5. The highest BCUT2D eigenvalue weighted by Crippen LogP contribution is 2.22. The predicted octanol–water partition coefficient (Wildman–Crippen LogP) is 1.94. The van der Waals surface area contributed by atoms with Crippen LogP contribution < -0.4 is 5.32 Å². The van der Waals surface area contributed by atoms with Crippen LogP contribution in [-0.4, -0.2) is 59.6 Å². The third-order valence-corrected chi connectivity index (χ3v) is 5.44. The van der Waals surface area contributed by atoms with E-state index in [1.54, 1.807) is 6.92 Å². The maximum absolute atomic E-state index is 12.6. The lowest BCUT2D eigenvalue weighted by Crippen LogP contribution is -2.50. The van der Waals surface area contributed by atoms with Gasteiger partial charge in [0.1, 0.15) is 5.60 Å². The highest BCUT2D eigenvalue weighted by molar-refractivity contribution is 5.81. The minimum Gasteiger partial charge on any atom is -0.384 e.